The highest BCUT2D eigenvalue weighted by Gasteiger charge is 2.27. The Kier molecular flexibility index (Phi) is 3.75. The number of carbonyl (C=O) groups excluding carboxylic acids is 1. The number of amides is 1. The Morgan fingerprint density at radius 3 is 2.74 bits per heavy atom. The summed E-state index contributed by atoms with van der Waals surface area (Å²) < 4.78 is 26.5. The second-order valence-corrected chi connectivity index (χ2v) is 6.20. The second kappa shape index (κ2) is 5.17. The van der Waals surface area contributed by atoms with Crippen molar-refractivity contribution in [2.45, 2.75) is 17.4 Å². The average molecular weight is 300 g/mol. The Bertz CT molecular complexity index is 666. The van der Waals surface area contributed by atoms with E-state index in [0.717, 1.165) is 0 Å². The van der Waals surface area contributed by atoms with Gasteiger partial charge < -0.3 is 5.32 Å². The molecule has 1 heterocycles. The summed E-state index contributed by atoms with van der Waals surface area (Å²) in [7, 11) is -3.75. The molecule has 8 heteroatoms. The summed E-state index contributed by atoms with van der Waals surface area (Å²) in [6.45, 7) is 0.266. The molecule has 0 bridgehead atoms. The summed E-state index contributed by atoms with van der Waals surface area (Å²) in [5, 5.41) is 11.3. The lowest BCUT2D eigenvalue weighted by atomic mass is 10.2. The van der Waals surface area contributed by atoms with E-state index in [-0.39, 0.29) is 34.4 Å². The minimum Gasteiger partial charge on any atom is -0.354 e. The van der Waals surface area contributed by atoms with Gasteiger partial charge in [-0.05, 0) is 18.2 Å². The van der Waals surface area contributed by atoms with Crippen LogP contribution in [0.15, 0.2) is 23.1 Å². The summed E-state index contributed by atoms with van der Waals surface area (Å²) >= 11 is 5.79. The molecule has 0 radical (unpaired) electrons. The molecular weight excluding hydrogens is 290 g/mol. The fourth-order valence-corrected chi connectivity index (χ4v) is 3.28. The first-order valence-corrected chi connectivity index (χ1v) is 7.27. The maximum absolute atomic E-state index is 12.1. The Morgan fingerprint density at radius 2 is 2.21 bits per heavy atom. The predicted octanol–water partition coefficient (Wildman–Crippen LogP) is 0.378. The number of sulfonamides is 1. The number of hydrogen-bond acceptors (Lipinski definition) is 4. The van der Waals surface area contributed by atoms with Crippen molar-refractivity contribution >= 4 is 27.5 Å². The summed E-state index contributed by atoms with van der Waals surface area (Å²) in [5.41, 5.74) is 0.207. The number of carbonyl (C=O) groups is 1. The van der Waals surface area contributed by atoms with Crippen molar-refractivity contribution in [1.29, 1.82) is 5.26 Å². The van der Waals surface area contributed by atoms with Crippen molar-refractivity contribution in [3.05, 3.63) is 28.8 Å². The highest BCUT2D eigenvalue weighted by atomic mass is 35.5. The number of benzene rings is 1. The highest BCUT2D eigenvalue weighted by molar-refractivity contribution is 7.89. The largest absolute Gasteiger partial charge is 0.354 e. The second-order valence-electron chi connectivity index (χ2n) is 4.08. The Morgan fingerprint density at radius 1 is 1.47 bits per heavy atom. The first-order valence-electron chi connectivity index (χ1n) is 5.41. The normalized spacial score (nSPS) is 18.9. The lowest BCUT2D eigenvalue weighted by Gasteiger charge is -2.11. The van der Waals surface area contributed by atoms with Crippen LogP contribution >= 0.6 is 11.6 Å². The van der Waals surface area contributed by atoms with E-state index in [4.69, 9.17) is 16.9 Å². The van der Waals surface area contributed by atoms with Crippen molar-refractivity contribution in [2.24, 2.45) is 0 Å². The Labute approximate surface area is 115 Å². The maximum atomic E-state index is 12.1. The van der Waals surface area contributed by atoms with Crippen LogP contribution in [-0.4, -0.2) is 26.9 Å². The van der Waals surface area contributed by atoms with Crippen LogP contribution in [0.4, 0.5) is 0 Å². The minimum atomic E-state index is -3.75. The van der Waals surface area contributed by atoms with E-state index in [1.165, 1.54) is 18.2 Å². The van der Waals surface area contributed by atoms with Gasteiger partial charge >= 0.3 is 0 Å². The van der Waals surface area contributed by atoms with E-state index < -0.39 is 16.1 Å². The van der Waals surface area contributed by atoms with Crippen LogP contribution in [0.2, 0.25) is 5.02 Å². The quantitative estimate of drug-likeness (QED) is 0.842. The summed E-state index contributed by atoms with van der Waals surface area (Å²) in [4.78, 5) is 11.0. The molecule has 1 saturated heterocycles. The molecule has 100 valence electrons. The number of nitriles is 1. The van der Waals surface area contributed by atoms with Crippen molar-refractivity contribution < 1.29 is 13.2 Å². The van der Waals surface area contributed by atoms with Crippen LogP contribution in [-0.2, 0) is 14.8 Å². The van der Waals surface area contributed by atoms with Crippen LogP contribution < -0.4 is 10.0 Å². The molecule has 2 rings (SSSR count). The van der Waals surface area contributed by atoms with Crippen LogP contribution in [0.5, 0.6) is 0 Å². The van der Waals surface area contributed by atoms with Gasteiger partial charge in [0.25, 0.3) is 0 Å². The average Bonchev–Trinajstić information content (AvgIpc) is 2.73. The number of rotatable bonds is 3. The van der Waals surface area contributed by atoms with E-state index in [0.29, 0.717) is 0 Å². The standard InChI is InChI=1S/C11H10ClN3O3S/c12-10-4-9(2-1-7(10)5-13)19(17,18)15-8-3-11(16)14-6-8/h1-2,4,8,15H,3,6H2,(H,14,16). The van der Waals surface area contributed by atoms with E-state index in [1.54, 1.807) is 0 Å². The van der Waals surface area contributed by atoms with Gasteiger partial charge in [0.2, 0.25) is 15.9 Å². The smallest absolute Gasteiger partial charge is 0.240 e. The van der Waals surface area contributed by atoms with Gasteiger partial charge in [-0.25, -0.2) is 13.1 Å². The van der Waals surface area contributed by atoms with E-state index in [2.05, 4.69) is 10.0 Å². The molecule has 0 saturated carbocycles. The van der Waals surface area contributed by atoms with E-state index in [9.17, 15) is 13.2 Å². The minimum absolute atomic E-state index is 0.0316. The van der Waals surface area contributed by atoms with Gasteiger partial charge in [-0.2, -0.15) is 5.26 Å². The van der Waals surface area contributed by atoms with Gasteiger partial charge in [0, 0.05) is 19.0 Å². The monoisotopic (exact) mass is 299 g/mol. The molecule has 19 heavy (non-hydrogen) atoms. The van der Waals surface area contributed by atoms with Gasteiger partial charge in [0.05, 0.1) is 15.5 Å². The van der Waals surface area contributed by atoms with E-state index in [1.807, 2.05) is 6.07 Å². The lowest BCUT2D eigenvalue weighted by Crippen LogP contribution is -2.36. The molecule has 1 aliphatic heterocycles. The van der Waals surface area contributed by atoms with Gasteiger partial charge in [-0.3, -0.25) is 4.79 Å². The summed E-state index contributed by atoms with van der Waals surface area (Å²) in [6, 6.07) is 5.24. The predicted molar refractivity (Wildman–Crippen MR) is 67.9 cm³/mol. The summed E-state index contributed by atoms with van der Waals surface area (Å²) in [5.74, 6) is -0.189. The third-order valence-electron chi connectivity index (χ3n) is 2.67. The number of halogens is 1. The molecule has 2 N–H and O–H groups in total. The van der Waals surface area contributed by atoms with Crippen molar-refractivity contribution in [1.82, 2.24) is 10.0 Å². The Hall–Kier alpha value is -1.62. The third-order valence-corrected chi connectivity index (χ3v) is 4.50. The first kappa shape index (κ1) is 13.8. The van der Waals surface area contributed by atoms with Crippen LogP contribution in [0.25, 0.3) is 0 Å². The van der Waals surface area contributed by atoms with Crippen molar-refractivity contribution in [3.63, 3.8) is 0 Å². The molecule has 1 aromatic rings. The van der Waals surface area contributed by atoms with Gasteiger partial charge in [0.1, 0.15) is 6.07 Å². The number of nitrogens with zero attached hydrogens (tertiary/aromatic N) is 1. The highest BCUT2D eigenvalue weighted by Crippen LogP contribution is 2.20. The molecule has 0 spiro atoms. The first-order chi connectivity index (χ1) is 8.92. The van der Waals surface area contributed by atoms with Crippen molar-refractivity contribution in [3.8, 4) is 6.07 Å². The molecule has 1 atom stereocenters. The molecule has 6 nitrogen and oxygen atoms in total. The lowest BCUT2D eigenvalue weighted by molar-refractivity contribution is -0.119. The molecular formula is C11H10ClN3O3S. The van der Waals surface area contributed by atoms with Crippen molar-refractivity contribution in [2.75, 3.05) is 6.54 Å². The molecule has 1 fully saturated rings. The molecule has 1 aliphatic rings. The van der Waals surface area contributed by atoms with Crippen LogP contribution in [0.3, 0.4) is 0 Å². The van der Waals surface area contributed by atoms with Gasteiger partial charge in [0.15, 0.2) is 0 Å². The SMILES string of the molecule is N#Cc1ccc(S(=O)(=O)NC2CNC(=O)C2)cc1Cl. The Balaban J connectivity index is 2.22. The zero-order chi connectivity index (χ0) is 14.0. The van der Waals surface area contributed by atoms with Crippen LogP contribution in [0.1, 0.15) is 12.0 Å². The number of hydrogen-bond donors (Lipinski definition) is 2. The third kappa shape index (κ3) is 3.04. The molecule has 1 aromatic carbocycles. The van der Waals surface area contributed by atoms with Gasteiger partial charge in [-0.1, -0.05) is 11.6 Å². The maximum Gasteiger partial charge on any atom is 0.240 e. The molecule has 0 aromatic heterocycles. The summed E-state index contributed by atoms with van der Waals surface area (Å²) in [6.07, 6.45) is 0.114. The number of nitrogens with one attached hydrogen (secondary N) is 2. The zero-order valence-electron chi connectivity index (χ0n) is 9.68. The fraction of sp³-hybridized carbons (Fsp3) is 0.273. The van der Waals surface area contributed by atoms with Crippen LogP contribution in [0, 0.1) is 11.3 Å². The van der Waals surface area contributed by atoms with E-state index >= 15 is 0 Å². The topological polar surface area (TPSA) is 99.1 Å². The molecule has 1 unspecified atom stereocenters. The fourth-order valence-electron chi connectivity index (χ4n) is 1.73. The van der Waals surface area contributed by atoms with Gasteiger partial charge in [-0.15, -0.1) is 0 Å². The molecule has 0 aliphatic carbocycles. The zero-order valence-corrected chi connectivity index (χ0v) is 11.3. The molecule has 1 amide bonds.